The lowest BCUT2D eigenvalue weighted by atomic mass is 10.0. The zero-order valence-electron chi connectivity index (χ0n) is 10.3. The first kappa shape index (κ1) is 13.6. The molecule has 0 atom stereocenters. The van der Waals surface area contributed by atoms with Gasteiger partial charge in [-0.25, -0.2) is 0 Å². The number of benzene rings is 1. The predicted molar refractivity (Wildman–Crippen MR) is 74.2 cm³/mol. The Balaban J connectivity index is 2.39. The molecule has 2 N–H and O–H groups in total. The average Bonchev–Trinajstić information content (AvgIpc) is 2.84. The highest BCUT2D eigenvalue weighted by Crippen LogP contribution is 2.34. The minimum Gasteiger partial charge on any atom is -0.496 e. The highest BCUT2D eigenvalue weighted by Gasteiger charge is 2.13. The molecule has 1 heterocycles. The molecule has 0 bridgehead atoms. The molecule has 1 aromatic carbocycles. The zero-order valence-corrected chi connectivity index (χ0v) is 11.9. The second-order valence-electron chi connectivity index (χ2n) is 4.00. The van der Waals surface area contributed by atoms with Crippen LogP contribution in [0.2, 0.25) is 0 Å². The van der Waals surface area contributed by atoms with Crippen LogP contribution in [-0.4, -0.2) is 28.4 Å². The Hall–Kier alpha value is -1.82. The highest BCUT2D eigenvalue weighted by molar-refractivity contribution is 9.10. The molecule has 0 amide bonds. The van der Waals surface area contributed by atoms with E-state index in [0.717, 1.165) is 27.0 Å². The largest absolute Gasteiger partial charge is 0.496 e. The van der Waals surface area contributed by atoms with Crippen LogP contribution in [-0.2, 0) is 11.2 Å². The molecule has 0 spiro atoms. The van der Waals surface area contributed by atoms with E-state index in [-0.39, 0.29) is 6.42 Å². The number of ether oxygens (including phenoxy) is 1. The number of aryl methyl sites for hydroxylation is 1. The van der Waals surface area contributed by atoms with E-state index in [2.05, 4.69) is 26.1 Å². The van der Waals surface area contributed by atoms with Gasteiger partial charge in [0.25, 0.3) is 0 Å². The third-order valence-corrected chi connectivity index (χ3v) is 3.25. The van der Waals surface area contributed by atoms with Crippen LogP contribution in [0.15, 0.2) is 28.9 Å². The second-order valence-corrected chi connectivity index (χ2v) is 4.92. The number of hydrogen-bond donors (Lipinski definition) is 2. The highest BCUT2D eigenvalue weighted by atomic mass is 79.9. The molecule has 0 fully saturated rings. The van der Waals surface area contributed by atoms with Gasteiger partial charge in [-0.3, -0.25) is 9.89 Å². The van der Waals surface area contributed by atoms with Crippen LogP contribution < -0.4 is 4.74 Å². The standard InChI is InChI=1S/C13H13BrN2O3/c1-19-12-4-2-8(14)6-9(12)10-7-15-16-11(10)3-5-13(17)18/h2,4,6-7H,3,5H2,1H3,(H,15,16)(H,17,18). The molecule has 19 heavy (non-hydrogen) atoms. The summed E-state index contributed by atoms with van der Waals surface area (Å²) >= 11 is 3.42. The molecule has 0 radical (unpaired) electrons. The lowest BCUT2D eigenvalue weighted by molar-refractivity contribution is -0.136. The van der Waals surface area contributed by atoms with Crippen LogP contribution in [0.5, 0.6) is 5.75 Å². The van der Waals surface area contributed by atoms with Gasteiger partial charge in [-0.15, -0.1) is 0 Å². The number of nitrogens with one attached hydrogen (secondary N) is 1. The molecule has 6 heteroatoms. The van der Waals surface area contributed by atoms with Gasteiger partial charge in [-0.2, -0.15) is 5.10 Å². The zero-order chi connectivity index (χ0) is 13.8. The summed E-state index contributed by atoms with van der Waals surface area (Å²) in [5.74, 6) is -0.108. The van der Waals surface area contributed by atoms with Crippen LogP contribution in [0.1, 0.15) is 12.1 Å². The number of carboxylic acid groups (broad SMARTS) is 1. The van der Waals surface area contributed by atoms with Gasteiger partial charge in [-0.05, 0) is 18.2 Å². The normalized spacial score (nSPS) is 10.4. The number of carboxylic acids is 1. The van der Waals surface area contributed by atoms with Crippen molar-refractivity contribution in [2.45, 2.75) is 12.8 Å². The summed E-state index contributed by atoms with van der Waals surface area (Å²) in [4.78, 5) is 10.7. The van der Waals surface area contributed by atoms with Gasteiger partial charge in [0.15, 0.2) is 0 Å². The Labute approximate surface area is 118 Å². The lowest BCUT2D eigenvalue weighted by Crippen LogP contribution is -1.99. The van der Waals surface area contributed by atoms with Crippen molar-refractivity contribution in [3.63, 3.8) is 0 Å². The minimum absolute atomic E-state index is 0.0610. The Morgan fingerprint density at radius 2 is 2.26 bits per heavy atom. The van der Waals surface area contributed by atoms with Gasteiger partial charge >= 0.3 is 5.97 Å². The molecular weight excluding hydrogens is 312 g/mol. The van der Waals surface area contributed by atoms with E-state index in [4.69, 9.17) is 9.84 Å². The first-order valence-corrected chi connectivity index (χ1v) is 6.49. The third-order valence-electron chi connectivity index (χ3n) is 2.76. The summed E-state index contributed by atoms with van der Waals surface area (Å²) in [5, 5.41) is 15.6. The van der Waals surface area contributed by atoms with Crippen molar-refractivity contribution >= 4 is 21.9 Å². The molecular formula is C13H13BrN2O3. The number of H-pyrrole nitrogens is 1. The second kappa shape index (κ2) is 5.88. The number of carbonyl (C=O) groups is 1. The van der Waals surface area contributed by atoms with E-state index in [0.29, 0.717) is 6.42 Å². The molecule has 0 aliphatic carbocycles. The van der Waals surface area contributed by atoms with E-state index in [1.165, 1.54) is 0 Å². The van der Waals surface area contributed by atoms with E-state index >= 15 is 0 Å². The topological polar surface area (TPSA) is 75.2 Å². The van der Waals surface area contributed by atoms with Crippen molar-refractivity contribution in [1.82, 2.24) is 10.2 Å². The van der Waals surface area contributed by atoms with Crippen molar-refractivity contribution in [2.24, 2.45) is 0 Å². The molecule has 5 nitrogen and oxygen atoms in total. The number of rotatable bonds is 5. The monoisotopic (exact) mass is 324 g/mol. The fourth-order valence-corrected chi connectivity index (χ4v) is 2.22. The fourth-order valence-electron chi connectivity index (χ4n) is 1.86. The summed E-state index contributed by atoms with van der Waals surface area (Å²) in [6.45, 7) is 0. The van der Waals surface area contributed by atoms with E-state index in [1.54, 1.807) is 13.3 Å². The van der Waals surface area contributed by atoms with Crippen molar-refractivity contribution in [3.8, 4) is 16.9 Å². The van der Waals surface area contributed by atoms with Crippen LogP contribution >= 0.6 is 15.9 Å². The number of nitrogens with zero attached hydrogens (tertiary/aromatic N) is 1. The fraction of sp³-hybridized carbons (Fsp3) is 0.231. The number of aromatic amines is 1. The molecule has 2 rings (SSSR count). The maximum atomic E-state index is 10.7. The van der Waals surface area contributed by atoms with Gasteiger partial charge in [0.05, 0.1) is 19.7 Å². The minimum atomic E-state index is -0.832. The van der Waals surface area contributed by atoms with Gasteiger partial charge in [-0.1, -0.05) is 15.9 Å². The molecule has 0 saturated heterocycles. The van der Waals surface area contributed by atoms with Crippen LogP contribution in [0.25, 0.3) is 11.1 Å². The van der Waals surface area contributed by atoms with E-state index < -0.39 is 5.97 Å². The SMILES string of the molecule is COc1ccc(Br)cc1-c1cn[nH]c1CCC(=O)O. The Morgan fingerprint density at radius 3 is 2.95 bits per heavy atom. The Bertz CT molecular complexity index is 595. The molecule has 100 valence electrons. The average molecular weight is 325 g/mol. The van der Waals surface area contributed by atoms with Gasteiger partial charge < -0.3 is 9.84 Å². The summed E-state index contributed by atoms with van der Waals surface area (Å²) < 4.78 is 6.25. The number of aromatic nitrogens is 2. The van der Waals surface area contributed by atoms with Crippen LogP contribution in [0.3, 0.4) is 0 Å². The smallest absolute Gasteiger partial charge is 0.303 e. The first-order valence-electron chi connectivity index (χ1n) is 5.69. The quantitative estimate of drug-likeness (QED) is 0.886. The molecule has 0 saturated carbocycles. The van der Waals surface area contributed by atoms with Crippen molar-refractivity contribution in [2.75, 3.05) is 7.11 Å². The number of aliphatic carboxylic acids is 1. The molecule has 0 aliphatic rings. The Kier molecular flexibility index (Phi) is 4.21. The summed E-state index contributed by atoms with van der Waals surface area (Å²) in [6, 6.07) is 5.67. The third kappa shape index (κ3) is 3.14. The summed E-state index contributed by atoms with van der Waals surface area (Å²) in [6.07, 6.45) is 2.15. The maximum absolute atomic E-state index is 10.7. The van der Waals surface area contributed by atoms with Crippen molar-refractivity contribution < 1.29 is 14.6 Å². The Morgan fingerprint density at radius 1 is 1.47 bits per heavy atom. The van der Waals surface area contributed by atoms with Crippen LogP contribution in [0.4, 0.5) is 0 Å². The summed E-state index contributed by atoms with van der Waals surface area (Å²) in [7, 11) is 1.60. The molecule has 2 aromatic rings. The van der Waals surface area contributed by atoms with Gasteiger partial charge in [0.2, 0.25) is 0 Å². The van der Waals surface area contributed by atoms with Gasteiger partial charge in [0.1, 0.15) is 5.75 Å². The predicted octanol–water partition coefficient (Wildman–Crippen LogP) is 2.87. The number of hydrogen-bond acceptors (Lipinski definition) is 3. The molecule has 0 unspecified atom stereocenters. The number of methoxy groups -OCH3 is 1. The maximum Gasteiger partial charge on any atom is 0.303 e. The number of halogens is 1. The summed E-state index contributed by atoms with van der Waals surface area (Å²) in [5.41, 5.74) is 2.53. The van der Waals surface area contributed by atoms with Crippen LogP contribution in [0, 0.1) is 0 Å². The molecule has 0 aliphatic heterocycles. The van der Waals surface area contributed by atoms with E-state index in [1.807, 2.05) is 18.2 Å². The lowest BCUT2D eigenvalue weighted by Gasteiger charge is -2.09. The first-order chi connectivity index (χ1) is 9.11. The van der Waals surface area contributed by atoms with Gasteiger partial charge in [0, 0.05) is 27.7 Å². The van der Waals surface area contributed by atoms with E-state index in [9.17, 15) is 4.79 Å². The van der Waals surface area contributed by atoms with Crippen molar-refractivity contribution in [1.29, 1.82) is 0 Å². The van der Waals surface area contributed by atoms with Crippen molar-refractivity contribution in [3.05, 3.63) is 34.6 Å². The molecule has 1 aromatic heterocycles.